The molecule has 0 saturated carbocycles. The first-order valence-electron chi connectivity index (χ1n) is 11.4. The van der Waals surface area contributed by atoms with E-state index in [0.29, 0.717) is 12.3 Å². The molecule has 9 nitrogen and oxygen atoms in total. The summed E-state index contributed by atoms with van der Waals surface area (Å²) in [7, 11) is -3.38. The van der Waals surface area contributed by atoms with E-state index in [-0.39, 0.29) is 43.2 Å². The van der Waals surface area contributed by atoms with E-state index >= 15 is 0 Å². The summed E-state index contributed by atoms with van der Waals surface area (Å²) < 4.78 is 29.0. The molecule has 0 spiro atoms. The fourth-order valence-electron chi connectivity index (χ4n) is 3.21. The molecule has 0 aromatic heterocycles. The number of ether oxygens (including phenoxy) is 1. The molecule has 0 saturated heterocycles. The van der Waals surface area contributed by atoms with Gasteiger partial charge in [-0.25, -0.2) is 13.2 Å². The molecule has 1 amide bonds. The van der Waals surface area contributed by atoms with Gasteiger partial charge in [0, 0.05) is 37.1 Å². The van der Waals surface area contributed by atoms with Crippen LogP contribution >= 0.6 is 12.6 Å². The summed E-state index contributed by atoms with van der Waals surface area (Å²) in [4.78, 5) is 24.7. The summed E-state index contributed by atoms with van der Waals surface area (Å²) in [6.45, 7) is 4.90. The molecule has 1 aromatic rings. The lowest BCUT2D eigenvalue weighted by Crippen LogP contribution is -2.50. The lowest BCUT2D eigenvalue weighted by atomic mass is 9.99. The summed E-state index contributed by atoms with van der Waals surface area (Å²) >= 11 is 4.21. The van der Waals surface area contributed by atoms with Gasteiger partial charge >= 0.3 is 5.97 Å². The summed E-state index contributed by atoms with van der Waals surface area (Å²) in [6.07, 6.45) is 0.982. The second-order valence-corrected chi connectivity index (χ2v) is 11.3. The van der Waals surface area contributed by atoms with Crippen LogP contribution in [0.1, 0.15) is 32.3 Å². The lowest BCUT2D eigenvalue weighted by Gasteiger charge is -2.28. The summed E-state index contributed by atoms with van der Waals surface area (Å²) in [5, 5.41) is 15.3. The van der Waals surface area contributed by atoms with Crippen molar-refractivity contribution < 1.29 is 27.9 Å². The Morgan fingerprint density at radius 1 is 1.24 bits per heavy atom. The molecule has 0 heterocycles. The first-order chi connectivity index (χ1) is 16.0. The van der Waals surface area contributed by atoms with Gasteiger partial charge in [-0.1, -0.05) is 50.6 Å². The maximum atomic E-state index is 13.1. The van der Waals surface area contributed by atoms with E-state index in [9.17, 15) is 23.1 Å². The van der Waals surface area contributed by atoms with Crippen molar-refractivity contribution in [3.63, 3.8) is 0 Å². The number of carboxylic acid groups (broad SMARTS) is 1. The van der Waals surface area contributed by atoms with Crippen molar-refractivity contribution in [1.82, 2.24) is 10.6 Å². The van der Waals surface area contributed by atoms with Crippen LogP contribution in [0.3, 0.4) is 0 Å². The number of hydrogen-bond acceptors (Lipinski definition) is 8. The van der Waals surface area contributed by atoms with E-state index in [1.807, 2.05) is 30.3 Å². The Kier molecular flexibility index (Phi) is 13.7. The highest BCUT2D eigenvalue weighted by atomic mass is 32.2. The molecule has 0 aliphatic rings. The van der Waals surface area contributed by atoms with Gasteiger partial charge in [-0.3, -0.25) is 4.79 Å². The van der Waals surface area contributed by atoms with Crippen molar-refractivity contribution in [1.29, 1.82) is 0 Å². The molecule has 1 rings (SSSR count). The van der Waals surface area contributed by atoms with Gasteiger partial charge in [0.2, 0.25) is 5.91 Å². The highest BCUT2D eigenvalue weighted by Crippen LogP contribution is 2.13. The number of nitrogens with two attached hydrogens (primary N) is 1. The first-order valence-corrected chi connectivity index (χ1v) is 14.1. The first kappa shape index (κ1) is 30.4. The third-order valence-electron chi connectivity index (χ3n) is 5.63. The minimum Gasteiger partial charge on any atom is -0.480 e. The van der Waals surface area contributed by atoms with E-state index in [1.165, 1.54) is 0 Å². The van der Waals surface area contributed by atoms with Crippen molar-refractivity contribution in [3.05, 3.63) is 35.9 Å². The van der Waals surface area contributed by atoms with Crippen LogP contribution in [0.25, 0.3) is 0 Å². The van der Waals surface area contributed by atoms with Gasteiger partial charge in [0.25, 0.3) is 0 Å². The fraction of sp³-hybridized carbons (Fsp3) is 0.652. The topological polar surface area (TPSA) is 148 Å². The molecule has 1 aromatic carbocycles. The van der Waals surface area contributed by atoms with Crippen molar-refractivity contribution >= 4 is 34.3 Å². The number of benzene rings is 1. The van der Waals surface area contributed by atoms with Crippen molar-refractivity contribution in [2.45, 2.75) is 57.3 Å². The molecule has 0 radical (unpaired) electrons. The van der Waals surface area contributed by atoms with Crippen LogP contribution in [0.2, 0.25) is 0 Å². The summed E-state index contributed by atoms with van der Waals surface area (Å²) in [6, 6.07) is 7.75. The molecule has 194 valence electrons. The SMILES string of the molecule is CC[C@H](C)[C@@H](CO[C@@H](Cc1ccccc1)C(=O)N[C@@H](CCS(C)(=O)=O)C(=O)O)NC[C@@H](N)CS. The average Bonchev–Trinajstić information content (AvgIpc) is 2.79. The number of aliphatic carboxylic acids is 1. The number of thiol groups is 1. The number of carboxylic acids is 1. The maximum absolute atomic E-state index is 13.1. The Hall–Kier alpha value is -1.66. The zero-order chi connectivity index (χ0) is 25.7. The number of nitrogens with one attached hydrogen (secondary N) is 2. The van der Waals surface area contributed by atoms with E-state index in [2.05, 4.69) is 37.1 Å². The second kappa shape index (κ2) is 15.4. The number of carbonyl (C=O) groups is 2. The van der Waals surface area contributed by atoms with Gasteiger partial charge in [0.05, 0.1) is 12.4 Å². The molecule has 0 aliphatic carbocycles. The molecule has 0 aliphatic heterocycles. The molecule has 0 fully saturated rings. The minimum atomic E-state index is -3.38. The van der Waals surface area contributed by atoms with Crippen LogP contribution in [-0.4, -0.2) is 80.5 Å². The van der Waals surface area contributed by atoms with E-state index < -0.39 is 33.9 Å². The van der Waals surface area contributed by atoms with Crippen LogP contribution < -0.4 is 16.4 Å². The summed E-state index contributed by atoms with van der Waals surface area (Å²) in [5.74, 6) is -1.46. The number of carbonyl (C=O) groups excluding carboxylic acids is 1. The van der Waals surface area contributed by atoms with Gasteiger partial charge in [0.1, 0.15) is 22.0 Å². The van der Waals surface area contributed by atoms with E-state index in [0.717, 1.165) is 18.2 Å². The van der Waals surface area contributed by atoms with E-state index in [4.69, 9.17) is 10.5 Å². The third kappa shape index (κ3) is 12.2. The number of hydrogen-bond donors (Lipinski definition) is 5. The van der Waals surface area contributed by atoms with Crippen LogP contribution in [0.5, 0.6) is 0 Å². The molecular weight excluding hydrogens is 478 g/mol. The van der Waals surface area contributed by atoms with Crippen molar-refractivity contribution in [2.24, 2.45) is 11.7 Å². The highest BCUT2D eigenvalue weighted by Gasteiger charge is 2.28. The monoisotopic (exact) mass is 517 g/mol. The second-order valence-electron chi connectivity index (χ2n) is 8.67. The number of rotatable bonds is 17. The molecule has 5 atom stereocenters. The van der Waals surface area contributed by atoms with Crippen molar-refractivity contribution in [3.8, 4) is 0 Å². The Bertz CT molecular complexity index is 854. The Labute approximate surface area is 208 Å². The normalized spacial score (nSPS) is 16.3. The number of amides is 1. The van der Waals surface area contributed by atoms with Gasteiger partial charge in [0.15, 0.2) is 0 Å². The average molecular weight is 518 g/mol. The molecule has 0 unspecified atom stereocenters. The van der Waals surface area contributed by atoms with Gasteiger partial charge in [-0.05, 0) is 17.9 Å². The predicted octanol–water partition coefficient (Wildman–Crippen LogP) is 0.880. The zero-order valence-corrected chi connectivity index (χ0v) is 21.9. The lowest BCUT2D eigenvalue weighted by molar-refractivity contribution is -0.144. The smallest absolute Gasteiger partial charge is 0.326 e. The fourth-order valence-corrected chi connectivity index (χ4v) is 4.00. The van der Waals surface area contributed by atoms with Crippen LogP contribution in [0, 0.1) is 5.92 Å². The molecule has 5 N–H and O–H groups in total. The van der Waals surface area contributed by atoms with Crippen LogP contribution in [-0.2, 0) is 30.6 Å². The Morgan fingerprint density at radius 2 is 1.88 bits per heavy atom. The standard InChI is InChI=1S/C23H39N3O6S2/c1-4-16(2)20(25-13-18(24)15-33)14-32-21(12-17-8-6-5-7-9-17)22(27)26-19(23(28)29)10-11-34(3,30)31/h5-9,16,18-21,25,33H,4,10-15,24H2,1-3H3,(H,26,27)(H,28,29)/t16-,18+,19-,20+,21-/m0/s1. The van der Waals surface area contributed by atoms with E-state index in [1.54, 1.807) is 0 Å². The van der Waals surface area contributed by atoms with Gasteiger partial charge in [-0.15, -0.1) is 0 Å². The molecule has 34 heavy (non-hydrogen) atoms. The zero-order valence-electron chi connectivity index (χ0n) is 20.1. The third-order valence-corrected chi connectivity index (χ3v) is 7.08. The minimum absolute atomic E-state index is 0.0671. The largest absolute Gasteiger partial charge is 0.480 e. The van der Waals surface area contributed by atoms with Crippen molar-refractivity contribution in [2.75, 3.05) is 30.9 Å². The quantitative estimate of drug-likeness (QED) is 0.191. The maximum Gasteiger partial charge on any atom is 0.326 e. The van der Waals surface area contributed by atoms with Gasteiger partial charge < -0.3 is 26.2 Å². The van der Waals surface area contributed by atoms with Crippen LogP contribution in [0.15, 0.2) is 30.3 Å². The highest BCUT2D eigenvalue weighted by molar-refractivity contribution is 7.90. The molecule has 11 heteroatoms. The summed E-state index contributed by atoms with van der Waals surface area (Å²) in [5.41, 5.74) is 6.83. The molecular formula is C23H39N3O6S2. The van der Waals surface area contributed by atoms with Gasteiger partial charge in [-0.2, -0.15) is 12.6 Å². The number of sulfone groups is 1. The molecule has 0 bridgehead atoms. The Balaban J connectivity index is 2.97. The predicted molar refractivity (Wildman–Crippen MR) is 137 cm³/mol. The van der Waals surface area contributed by atoms with Crippen LogP contribution in [0.4, 0.5) is 0 Å². The Morgan fingerprint density at radius 3 is 2.41 bits per heavy atom.